The van der Waals surface area contributed by atoms with Crippen molar-refractivity contribution in [3.8, 4) is 0 Å². The van der Waals surface area contributed by atoms with Crippen molar-refractivity contribution < 1.29 is 13.9 Å². The Morgan fingerprint density at radius 3 is 2.12 bits per heavy atom. The van der Waals surface area contributed by atoms with Crippen LogP contribution in [0.2, 0.25) is 18.1 Å². The first kappa shape index (κ1) is 12.6. The maximum atomic E-state index is 6.52. The molecule has 16 heavy (non-hydrogen) atoms. The fourth-order valence-electron chi connectivity index (χ4n) is 2.38. The molecule has 2 rings (SSSR count). The molecule has 2 aliphatic rings. The summed E-state index contributed by atoms with van der Waals surface area (Å²) in [5.74, 6) is 0.643. The first-order chi connectivity index (χ1) is 7.69. The number of ether oxygens (including phenoxy) is 2. The van der Waals surface area contributed by atoms with Crippen LogP contribution in [0.1, 0.15) is 20.3 Å². The number of hydrogen-bond acceptors (Lipinski definition) is 3. The third-order valence-electron chi connectivity index (χ3n) is 4.22. The third kappa shape index (κ3) is 2.35. The van der Waals surface area contributed by atoms with Crippen molar-refractivity contribution in [3.63, 3.8) is 0 Å². The molecule has 0 spiro atoms. The molecule has 94 valence electrons. The van der Waals surface area contributed by atoms with Gasteiger partial charge in [-0.05, 0) is 19.0 Å². The average Bonchev–Trinajstić information content (AvgIpc) is 2.11. The predicted octanol–water partition coefficient (Wildman–Crippen LogP) is 2.42. The molecule has 0 bridgehead atoms. The number of rotatable bonds is 6. The highest BCUT2D eigenvalue weighted by Gasteiger charge is 2.44. The predicted molar refractivity (Wildman–Crippen MR) is 66.1 cm³/mol. The van der Waals surface area contributed by atoms with Crippen molar-refractivity contribution in [2.45, 2.75) is 44.5 Å². The summed E-state index contributed by atoms with van der Waals surface area (Å²) < 4.78 is 17.1. The Labute approximate surface area is 99.6 Å². The Morgan fingerprint density at radius 1 is 1.19 bits per heavy atom. The second kappa shape index (κ2) is 5.17. The summed E-state index contributed by atoms with van der Waals surface area (Å²) in [5, 5.41) is 0. The van der Waals surface area contributed by atoms with Gasteiger partial charge in [0.2, 0.25) is 0 Å². The summed E-state index contributed by atoms with van der Waals surface area (Å²) >= 11 is 0. The summed E-state index contributed by atoms with van der Waals surface area (Å²) in [7, 11) is -1.55. The van der Waals surface area contributed by atoms with E-state index in [2.05, 4.69) is 20.4 Å². The van der Waals surface area contributed by atoms with Crippen LogP contribution in [-0.4, -0.2) is 40.8 Å². The molecule has 2 heterocycles. The zero-order valence-electron chi connectivity index (χ0n) is 10.7. The van der Waals surface area contributed by atoms with E-state index >= 15 is 0 Å². The molecule has 0 saturated carbocycles. The van der Waals surface area contributed by atoms with Gasteiger partial charge in [-0.2, -0.15) is 0 Å². The molecule has 2 atom stereocenters. The molecule has 2 unspecified atom stereocenters. The van der Waals surface area contributed by atoms with E-state index in [-0.39, 0.29) is 0 Å². The molecule has 2 saturated heterocycles. The van der Waals surface area contributed by atoms with Crippen LogP contribution in [0, 0.1) is 5.92 Å². The Hall–Kier alpha value is 0.0969. The van der Waals surface area contributed by atoms with Crippen LogP contribution >= 0.6 is 0 Å². The standard InChI is InChI=1S/C12H24O3Si/c1-4-12(10-6-13-7-10)15-16(3,5-2)11-8-14-9-11/h10-12H,4-9H2,1-3H3. The van der Waals surface area contributed by atoms with E-state index < -0.39 is 8.32 Å². The minimum Gasteiger partial charge on any atom is -0.413 e. The lowest BCUT2D eigenvalue weighted by Gasteiger charge is -2.44. The van der Waals surface area contributed by atoms with E-state index in [0.717, 1.165) is 32.8 Å². The highest BCUT2D eigenvalue weighted by molar-refractivity contribution is 6.74. The number of hydrogen-bond donors (Lipinski definition) is 0. The molecular formula is C12H24O3Si. The van der Waals surface area contributed by atoms with E-state index in [1.807, 2.05) is 0 Å². The SMILES string of the molecule is CCC(O[Si](C)(CC)C1COC1)C1COC1. The maximum absolute atomic E-state index is 6.52. The minimum absolute atomic E-state index is 0.422. The van der Waals surface area contributed by atoms with E-state index in [0.29, 0.717) is 17.6 Å². The van der Waals surface area contributed by atoms with E-state index in [1.54, 1.807) is 0 Å². The van der Waals surface area contributed by atoms with Gasteiger partial charge in [-0.25, -0.2) is 0 Å². The average molecular weight is 244 g/mol. The molecule has 0 radical (unpaired) electrons. The summed E-state index contributed by atoms with van der Waals surface area (Å²) in [6, 6.07) is 1.20. The quantitative estimate of drug-likeness (QED) is 0.672. The second-order valence-electron chi connectivity index (χ2n) is 5.26. The third-order valence-corrected chi connectivity index (χ3v) is 8.52. The highest BCUT2D eigenvalue weighted by Crippen LogP contribution is 2.36. The fraction of sp³-hybridized carbons (Fsp3) is 1.00. The zero-order chi connectivity index (χ0) is 11.6. The van der Waals surface area contributed by atoms with Crippen LogP contribution in [0.5, 0.6) is 0 Å². The van der Waals surface area contributed by atoms with Gasteiger partial charge in [0.1, 0.15) is 0 Å². The monoisotopic (exact) mass is 244 g/mol. The van der Waals surface area contributed by atoms with Gasteiger partial charge in [-0.1, -0.05) is 13.8 Å². The van der Waals surface area contributed by atoms with Crippen molar-refractivity contribution in [2.75, 3.05) is 26.4 Å². The molecule has 0 amide bonds. The molecule has 2 fully saturated rings. The van der Waals surface area contributed by atoms with Gasteiger partial charge in [0.05, 0.1) is 32.5 Å². The topological polar surface area (TPSA) is 27.7 Å². The van der Waals surface area contributed by atoms with Crippen LogP contribution in [0.15, 0.2) is 0 Å². The summed E-state index contributed by atoms with van der Waals surface area (Å²) in [6.45, 7) is 10.5. The first-order valence-corrected chi connectivity index (χ1v) is 9.22. The van der Waals surface area contributed by atoms with Gasteiger partial charge in [-0.15, -0.1) is 0 Å². The van der Waals surface area contributed by atoms with Crippen LogP contribution < -0.4 is 0 Å². The largest absolute Gasteiger partial charge is 0.413 e. The maximum Gasteiger partial charge on any atom is 0.197 e. The summed E-state index contributed by atoms with van der Waals surface area (Å²) in [4.78, 5) is 0. The smallest absolute Gasteiger partial charge is 0.197 e. The van der Waals surface area contributed by atoms with Crippen LogP contribution in [0.4, 0.5) is 0 Å². The molecule has 0 aliphatic carbocycles. The van der Waals surface area contributed by atoms with Gasteiger partial charge < -0.3 is 13.9 Å². The summed E-state index contributed by atoms with van der Waals surface area (Å²) in [6.07, 6.45) is 1.54. The molecule has 0 aromatic carbocycles. The molecule has 2 aliphatic heterocycles. The van der Waals surface area contributed by atoms with Crippen molar-refractivity contribution in [2.24, 2.45) is 5.92 Å². The highest BCUT2D eigenvalue weighted by atomic mass is 28.4. The van der Waals surface area contributed by atoms with Gasteiger partial charge >= 0.3 is 0 Å². The van der Waals surface area contributed by atoms with E-state index in [1.165, 1.54) is 6.04 Å². The van der Waals surface area contributed by atoms with Crippen LogP contribution in [0.3, 0.4) is 0 Å². The van der Waals surface area contributed by atoms with Gasteiger partial charge in [0, 0.05) is 11.5 Å². The molecule has 0 aromatic heterocycles. The van der Waals surface area contributed by atoms with Gasteiger partial charge in [-0.3, -0.25) is 0 Å². The second-order valence-corrected chi connectivity index (χ2v) is 9.65. The lowest BCUT2D eigenvalue weighted by Crippen LogP contribution is -2.53. The normalized spacial score (nSPS) is 27.9. The molecule has 3 nitrogen and oxygen atoms in total. The van der Waals surface area contributed by atoms with Crippen molar-refractivity contribution >= 4 is 8.32 Å². The Balaban J connectivity index is 1.92. The van der Waals surface area contributed by atoms with Crippen molar-refractivity contribution in [1.29, 1.82) is 0 Å². The molecular weight excluding hydrogens is 220 g/mol. The van der Waals surface area contributed by atoms with Crippen LogP contribution in [0.25, 0.3) is 0 Å². The zero-order valence-corrected chi connectivity index (χ0v) is 11.7. The van der Waals surface area contributed by atoms with Crippen molar-refractivity contribution in [3.05, 3.63) is 0 Å². The van der Waals surface area contributed by atoms with Gasteiger partial charge in [0.25, 0.3) is 0 Å². The van der Waals surface area contributed by atoms with Crippen molar-refractivity contribution in [1.82, 2.24) is 0 Å². The lowest BCUT2D eigenvalue weighted by atomic mass is 9.99. The van der Waals surface area contributed by atoms with E-state index in [9.17, 15) is 0 Å². The minimum atomic E-state index is -1.55. The Morgan fingerprint density at radius 2 is 1.81 bits per heavy atom. The van der Waals surface area contributed by atoms with Crippen LogP contribution in [-0.2, 0) is 13.9 Å². The van der Waals surface area contributed by atoms with Gasteiger partial charge in [0.15, 0.2) is 8.32 Å². The molecule has 4 heteroatoms. The molecule has 0 aromatic rings. The first-order valence-electron chi connectivity index (χ1n) is 6.53. The molecule has 0 N–H and O–H groups in total. The van der Waals surface area contributed by atoms with E-state index in [4.69, 9.17) is 13.9 Å². The Bertz CT molecular complexity index is 228. The Kier molecular flexibility index (Phi) is 4.05. The summed E-state index contributed by atoms with van der Waals surface area (Å²) in [5.41, 5.74) is 0.715. The lowest BCUT2D eigenvalue weighted by molar-refractivity contribution is -0.0893. The fourth-order valence-corrected chi connectivity index (χ4v) is 5.31.